The highest BCUT2D eigenvalue weighted by Crippen LogP contribution is 2.25. The monoisotopic (exact) mass is 281 g/mol. The third kappa shape index (κ3) is 3.36. The summed E-state index contributed by atoms with van der Waals surface area (Å²) in [5.41, 5.74) is -0.279. The van der Waals surface area contributed by atoms with Gasteiger partial charge in [0, 0.05) is 26.0 Å². The van der Waals surface area contributed by atoms with Gasteiger partial charge in [0.15, 0.2) is 0 Å². The smallest absolute Gasteiger partial charge is 0.305 e. The Balaban J connectivity index is 2.10. The maximum atomic E-state index is 12.2. The molecule has 1 amide bonds. The van der Waals surface area contributed by atoms with Crippen molar-refractivity contribution in [2.45, 2.75) is 38.3 Å². The minimum absolute atomic E-state index is 0.0932. The Hall–Kier alpha value is -1.89. The van der Waals surface area contributed by atoms with Crippen LogP contribution in [0.4, 0.5) is 0 Å². The van der Waals surface area contributed by atoms with E-state index < -0.39 is 11.5 Å². The molecular formula is C13H19N3O4. The van der Waals surface area contributed by atoms with E-state index in [1.54, 1.807) is 10.9 Å². The van der Waals surface area contributed by atoms with Gasteiger partial charge in [-0.1, -0.05) is 0 Å². The van der Waals surface area contributed by atoms with E-state index in [0.29, 0.717) is 38.2 Å². The van der Waals surface area contributed by atoms with Crippen LogP contribution in [-0.4, -0.2) is 45.5 Å². The molecule has 0 atom stereocenters. The predicted octanol–water partition coefficient (Wildman–Crippen LogP) is 0.657. The van der Waals surface area contributed by atoms with Crippen LogP contribution in [0.15, 0.2) is 12.4 Å². The van der Waals surface area contributed by atoms with E-state index in [0.717, 1.165) is 0 Å². The summed E-state index contributed by atoms with van der Waals surface area (Å²) < 4.78 is 6.91. The van der Waals surface area contributed by atoms with Crippen LogP contribution in [-0.2, 0) is 16.1 Å². The van der Waals surface area contributed by atoms with Crippen LogP contribution in [0, 0.1) is 0 Å². The number of amides is 1. The molecule has 1 fully saturated rings. The fourth-order valence-corrected chi connectivity index (χ4v) is 2.36. The van der Waals surface area contributed by atoms with Gasteiger partial charge in [-0.3, -0.25) is 14.3 Å². The van der Waals surface area contributed by atoms with E-state index in [2.05, 4.69) is 10.4 Å². The van der Waals surface area contributed by atoms with Crippen molar-refractivity contribution in [1.82, 2.24) is 15.1 Å². The first-order valence-corrected chi connectivity index (χ1v) is 6.69. The number of aromatic nitrogens is 2. The van der Waals surface area contributed by atoms with E-state index in [1.807, 2.05) is 6.92 Å². The van der Waals surface area contributed by atoms with Crippen LogP contribution >= 0.6 is 0 Å². The molecule has 1 saturated heterocycles. The zero-order valence-electron chi connectivity index (χ0n) is 11.5. The Morgan fingerprint density at radius 3 is 2.75 bits per heavy atom. The Bertz CT molecular complexity index is 492. The molecule has 0 spiro atoms. The van der Waals surface area contributed by atoms with E-state index in [4.69, 9.17) is 9.84 Å². The first-order chi connectivity index (χ1) is 9.54. The molecule has 7 heteroatoms. The summed E-state index contributed by atoms with van der Waals surface area (Å²) in [5.74, 6) is -1.20. The average Bonchev–Trinajstić information content (AvgIpc) is 2.87. The molecule has 20 heavy (non-hydrogen) atoms. The molecular weight excluding hydrogens is 262 g/mol. The molecule has 1 aromatic heterocycles. The highest BCUT2D eigenvalue weighted by Gasteiger charge is 2.36. The summed E-state index contributed by atoms with van der Waals surface area (Å²) >= 11 is 0. The number of nitrogens with zero attached hydrogens (tertiary/aromatic N) is 2. The summed E-state index contributed by atoms with van der Waals surface area (Å²) in [5, 5.41) is 16.0. The Kier molecular flexibility index (Phi) is 4.39. The van der Waals surface area contributed by atoms with Gasteiger partial charge in [-0.2, -0.15) is 5.10 Å². The van der Waals surface area contributed by atoms with Gasteiger partial charge in [0.05, 0.1) is 23.7 Å². The lowest BCUT2D eigenvalue weighted by Crippen LogP contribution is -2.53. The molecule has 0 saturated carbocycles. The van der Waals surface area contributed by atoms with Gasteiger partial charge < -0.3 is 15.2 Å². The number of ether oxygens (including phenoxy) is 1. The van der Waals surface area contributed by atoms with Crippen molar-refractivity contribution in [3.63, 3.8) is 0 Å². The predicted molar refractivity (Wildman–Crippen MR) is 70.4 cm³/mol. The molecule has 0 aromatic carbocycles. The van der Waals surface area contributed by atoms with Crippen molar-refractivity contribution >= 4 is 11.9 Å². The maximum absolute atomic E-state index is 12.2. The minimum atomic E-state index is -0.920. The number of carboxylic acid groups (broad SMARTS) is 1. The Labute approximate surface area is 116 Å². The van der Waals surface area contributed by atoms with Gasteiger partial charge in [0.1, 0.15) is 0 Å². The fraction of sp³-hybridized carbons (Fsp3) is 0.615. The molecule has 0 radical (unpaired) electrons. The second-order valence-corrected chi connectivity index (χ2v) is 5.00. The zero-order chi connectivity index (χ0) is 14.6. The normalized spacial score (nSPS) is 17.6. The van der Waals surface area contributed by atoms with Gasteiger partial charge in [-0.05, 0) is 19.8 Å². The van der Waals surface area contributed by atoms with E-state index in [-0.39, 0.29) is 12.3 Å². The largest absolute Gasteiger partial charge is 0.481 e. The second-order valence-electron chi connectivity index (χ2n) is 5.00. The minimum Gasteiger partial charge on any atom is -0.481 e. The SMILES string of the molecule is CCn1cc(C(=O)NC2(CC(=O)O)CCOCC2)cn1. The van der Waals surface area contributed by atoms with E-state index in [1.165, 1.54) is 6.20 Å². The number of carboxylic acids is 1. The number of aryl methyl sites for hydroxylation is 1. The van der Waals surface area contributed by atoms with Gasteiger partial charge in [-0.25, -0.2) is 0 Å². The average molecular weight is 281 g/mol. The van der Waals surface area contributed by atoms with Crippen LogP contribution in [0.1, 0.15) is 36.5 Å². The zero-order valence-corrected chi connectivity index (χ0v) is 11.5. The van der Waals surface area contributed by atoms with Crippen molar-refractivity contribution in [3.05, 3.63) is 18.0 Å². The van der Waals surface area contributed by atoms with Gasteiger partial charge >= 0.3 is 5.97 Å². The molecule has 1 aromatic rings. The summed E-state index contributed by atoms with van der Waals surface area (Å²) in [6, 6.07) is 0. The fourth-order valence-electron chi connectivity index (χ4n) is 2.36. The molecule has 0 bridgehead atoms. The van der Waals surface area contributed by atoms with Gasteiger partial charge in [0.25, 0.3) is 5.91 Å². The highest BCUT2D eigenvalue weighted by molar-refractivity contribution is 5.94. The van der Waals surface area contributed by atoms with Crippen LogP contribution in [0.5, 0.6) is 0 Å². The summed E-state index contributed by atoms with van der Waals surface area (Å²) in [4.78, 5) is 23.3. The van der Waals surface area contributed by atoms with Crippen LogP contribution < -0.4 is 5.32 Å². The Morgan fingerprint density at radius 2 is 2.20 bits per heavy atom. The van der Waals surface area contributed by atoms with Crippen LogP contribution in [0.2, 0.25) is 0 Å². The first kappa shape index (κ1) is 14.5. The third-order valence-corrected chi connectivity index (χ3v) is 3.54. The number of hydrogen-bond acceptors (Lipinski definition) is 4. The molecule has 2 N–H and O–H groups in total. The number of nitrogens with one attached hydrogen (secondary N) is 1. The summed E-state index contributed by atoms with van der Waals surface area (Å²) in [6.07, 6.45) is 4.07. The molecule has 0 aliphatic carbocycles. The van der Waals surface area contributed by atoms with E-state index >= 15 is 0 Å². The lowest BCUT2D eigenvalue weighted by molar-refractivity contribution is -0.139. The van der Waals surface area contributed by atoms with Crippen molar-refractivity contribution in [2.75, 3.05) is 13.2 Å². The number of carbonyl (C=O) groups is 2. The lowest BCUT2D eigenvalue weighted by Gasteiger charge is -2.36. The Morgan fingerprint density at radius 1 is 1.50 bits per heavy atom. The molecule has 7 nitrogen and oxygen atoms in total. The van der Waals surface area contributed by atoms with Crippen molar-refractivity contribution in [1.29, 1.82) is 0 Å². The lowest BCUT2D eigenvalue weighted by atomic mass is 9.86. The number of hydrogen-bond donors (Lipinski definition) is 2. The summed E-state index contributed by atoms with van der Waals surface area (Å²) in [6.45, 7) is 3.53. The molecule has 2 heterocycles. The molecule has 2 rings (SSSR count). The van der Waals surface area contributed by atoms with Gasteiger partial charge in [0.2, 0.25) is 0 Å². The number of carbonyl (C=O) groups excluding carboxylic acids is 1. The second kappa shape index (κ2) is 6.04. The van der Waals surface area contributed by atoms with Crippen molar-refractivity contribution in [2.24, 2.45) is 0 Å². The van der Waals surface area contributed by atoms with Crippen molar-refractivity contribution < 1.29 is 19.4 Å². The maximum Gasteiger partial charge on any atom is 0.305 e. The number of aliphatic carboxylic acids is 1. The quantitative estimate of drug-likeness (QED) is 0.826. The molecule has 1 aliphatic heterocycles. The van der Waals surface area contributed by atoms with Crippen LogP contribution in [0.3, 0.4) is 0 Å². The summed E-state index contributed by atoms with van der Waals surface area (Å²) in [7, 11) is 0. The first-order valence-electron chi connectivity index (χ1n) is 6.69. The standard InChI is InChI=1S/C13H19N3O4/c1-2-16-9-10(8-14-16)12(19)15-13(7-11(17)18)3-5-20-6-4-13/h8-9H,2-7H2,1H3,(H,15,19)(H,17,18). The highest BCUT2D eigenvalue weighted by atomic mass is 16.5. The molecule has 110 valence electrons. The third-order valence-electron chi connectivity index (χ3n) is 3.54. The van der Waals surface area contributed by atoms with Crippen molar-refractivity contribution in [3.8, 4) is 0 Å². The number of rotatable bonds is 5. The van der Waals surface area contributed by atoms with Gasteiger partial charge in [-0.15, -0.1) is 0 Å². The van der Waals surface area contributed by atoms with Crippen LogP contribution in [0.25, 0.3) is 0 Å². The topological polar surface area (TPSA) is 93.5 Å². The molecule has 1 aliphatic rings. The molecule has 0 unspecified atom stereocenters. The van der Waals surface area contributed by atoms with E-state index in [9.17, 15) is 9.59 Å².